The van der Waals surface area contributed by atoms with Crippen LogP contribution in [0.4, 0.5) is 4.39 Å². The normalized spacial score (nSPS) is 11.2. The summed E-state index contributed by atoms with van der Waals surface area (Å²) in [7, 11) is 3.28. The number of aromatic nitrogens is 4. The minimum Gasteiger partial charge on any atom is -0.494 e. The van der Waals surface area contributed by atoms with E-state index in [4.69, 9.17) is 17.0 Å². The summed E-state index contributed by atoms with van der Waals surface area (Å²) >= 11 is 5.33. The maximum atomic E-state index is 13.7. The van der Waals surface area contributed by atoms with Gasteiger partial charge < -0.3 is 9.72 Å². The molecule has 104 valence electrons. The molecule has 1 aromatic carbocycles. The van der Waals surface area contributed by atoms with Gasteiger partial charge in [0.25, 0.3) is 0 Å². The van der Waals surface area contributed by atoms with E-state index in [-0.39, 0.29) is 5.75 Å². The highest BCUT2D eigenvalue weighted by molar-refractivity contribution is 7.71. The molecule has 20 heavy (non-hydrogen) atoms. The summed E-state index contributed by atoms with van der Waals surface area (Å²) in [5.41, 5.74) is 3.08. The first-order chi connectivity index (χ1) is 9.51. The molecule has 2 aromatic heterocycles. The molecule has 0 radical (unpaired) electrons. The molecular formula is C13H13FN4OS. The predicted octanol–water partition coefficient (Wildman–Crippen LogP) is 2.88. The van der Waals surface area contributed by atoms with Crippen LogP contribution in [0.1, 0.15) is 5.69 Å². The zero-order valence-corrected chi connectivity index (χ0v) is 12.1. The maximum Gasteiger partial charge on any atom is 0.182 e. The highest BCUT2D eigenvalue weighted by Gasteiger charge is 2.14. The number of hydrogen-bond donors (Lipinski definition) is 1. The molecule has 0 atom stereocenters. The van der Waals surface area contributed by atoms with Gasteiger partial charge in [-0.2, -0.15) is 5.10 Å². The molecule has 0 saturated heterocycles. The molecule has 1 N–H and O–H groups in total. The average Bonchev–Trinajstić information content (AvgIpc) is 2.86. The zero-order valence-electron chi connectivity index (χ0n) is 11.3. The third-order valence-electron chi connectivity index (χ3n) is 3.18. The number of aromatic amines is 1. The first kappa shape index (κ1) is 12.9. The molecule has 7 heteroatoms. The lowest BCUT2D eigenvalue weighted by molar-refractivity contribution is 0.387. The van der Waals surface area contributed by atoms with Crippen LogP contribution in [-0.4, -0.2) is 26.4 Å². The number of fused-ring (bicyclic) bond motifs is 1. The maximum absolute atomic E-state index is 13.7. The van der Waals surface area contributed by atoms with Gasteiger partial charge in [-0.05, 0) is 19.1 Å². The SMILES string of the molecule is COc1cc2c(cc1F)[nH]c(=S)n2-c1cn(C)nc1C. The van der Waals surface area contributed by atoms with Crippen LogP contribution in [0.25, 0.3) is 16.7 Å². The first-order valence-electron chi connectivity index (χ1n) is 6.00. The van der Waals surface area contributed by atoms with E-state index in [1.807, 2.05) is 24.7 Å². The Hall–Kier alpha value is -2.15. The first-order valence-corrected chi connectivity index (χ1v) is 6.41. The summed E-state index contributed by atoms with van der Waals surface area (Å²) in [5.74, 6) is -0.242. The number of methoxy groups -OCH3 is 1. The van der Waals surface area contributed by atoms with E-state index in [0.717, 1.165) is 16.9 Å². The molecule has 0 aliphatic carbocycles. The molecule has 0 saturated carbocycles. The molecule has 3 rings (SSSR count). The van der Waals surface area contributed by atoms with Crippen molar-refractivity contribution < 1.29 is 9.13 Å². The summed E-state index contributed by atoms with van der Waals surface area (Å²) in [4.78, 5) is 3.00. The summed E-state index contributed by atoms with van der Waals surface area (Å²) in [5, 5.41) is 4.31. The molecule has 0 spiro atoms. The number of H-pyrrole nitrogens is 1. The van der Waals surface area contributed by atoms with E-state index < -0.39 is 5.82 Å². The largest absolute Gasteiger partial charge is 0.494 e. The molecule has 0 bridgehead atoms. The summed E-state index contributed by atoms with van der Waals surface area (Å²) < 4.78 is 22.8. The second-order valence-electron chi connectivity index (χ2n) is 4.54. The van der Waals surface area contributed by atoms with Crippen LogP contribution in [0.15, 0.2) is 18.3 Å². The number of rotatable bonds is 2. The van der Waals surface area contributed by atoms with Crippen LogP contribution in [0, 0.1) is 17.5 Å². The van der Waals surface area contributed by atoms with Gasteiger partial charge in [0.2, 0.25) is 0 Å². The highest BCUT2D eigenvalue weighted by Crippen LogP contribution is 2.27. The van der Waals surface area contributed by atoms with Crippen molar-refractivity contribution in [2.75, 3.05) is 7.11 Å². The predicted molar refractivity (Wildman–Crippen MR) is 76.5 cm³/mol. The summed E-state index contributed by atoms with van der Waals surface area (Å²) in [6, 6.07) is 3.01. The van der Waals surface area contributed by atoms with Gasteiger partial charge in [0.05, 0.1) is 29.5 Å². The number of nitrogens with one attached hydrogen (secondary N) is 1. The van der Waals surface area contributed by atoms with Crippen LogP contribution in [0.5, 0.6) is 5.75 Å². The lowest BCUT2D eigenvalue weighted by atomic mass is 10.2. The monoisotopic (exact) mass is 292 g/mol. The molecule has 0 fully saturated rings. The number of nitrogens with zero attached hydrogens (tertiary/aromatic N) is 3. The van der Waals surface area contributed by atoms with Crippen molar-refractivity contribution in [3.63, 3.8) is 0 Å². The van der Waals surface area contributed by atoms with Crippen LogP contribution < -0.4 is 4.74 Å². The number of aryl methyl sites for hydroxylation is 2. The van der Waals surface area contributed by atoms with Gasteiger partial charge in [0.1, 0.15) is 0 Å². The Labute approximate surface area is 119 Å². The van der Waals surface area contributed by atoms with Crippen molar-refractivity contribution in [3.05, 3.63) is 34.6 Å². The third-order valence-corrected chi connectivity index (χ3v) is 3.47. The second-order valence-corrected chi connectivity index (χ2v) is 4.93. The smallest absolute Gasteiger partial charge is 0.182 e. The molecule has 0 unspecified atom stereocenters. The number of halogens is 1. The van der Waals surface area contributed by atoms with E-state index in [9.17, 15) is 4.39 Å². The van der Waals surface area contributed by atoms with Crippen molar-refractivity contribution in [1.82, 2.24) is 19.3 Å². The van der Waals surface area contributed by atoms with Crippen molar-refractivity contribution in [2.45, 2.75) is 6.92 Å². The van der Waals surface area contributed by atoms with E-state index in [2.05, 4.69) is 10.1 Å². The fourth-order valence-electron chi connectivity index (χ4n) is 2.31. The third kappa shape index (κ3) is 1.82. The Bertz CT molecular complexity index is 861. The molecule has 3 aromatic rings. The number of imidazole rings is 1. The molecule has 0 aliphatic heterocycles. The van der Waals surface area contributed by atoms with E-state index in [0.29, 0.717) is 10.3 Å². The lowest BCUT2D eigenvalue weighted by Gasteiger charge is -2.05. The second kappa shape index (κ2) is 4.45. The topological polar surface area (TPSA) is 47.8 Å². The average molecular weight is 292 g/mol. The van der Waals surface area contributed by atoms with Crippen LogP contribution in [-0.2, 0) is 7.05 Å². The quantitative estimate of drug-likeness (QED) is 0.739. The van der Waals surface area contributed by atoms with Gasteiger partial charge in [-0.25, -0.2) is 4.39 Å². The van der Waals surface area contributed by atoms with Gasteiger partial charge in [-0.15, -0.1) is 0 Å². The van der Waals surface area contributed by atoms with Gasteiger partial charge in [0.15, 0.2) is 16.3 Å². The van der Waals surface area contributed by atoms with Gasteiger partial charge in [-0.1, -0.05) is 0 Å². The standard InChI is InChI=1S/C13H13FN4OS/c1-7-11(6-17(2)16-7)18-10-5-12(19-3)8(14)4-9(10)15-13(18)20/h4-6H,1-3H3,(H,15,20). The number of ether oxygens (including phenoxy) is 1. The van der Waals surface area contributed by atoms with Crippen LogP contribution in [0.3, 0.4) is 0 Å². The molecule has 5 nitrogen and oxygen atoms in total. The minimum absolute atomic E-state index is 0.182. The number of hydrogen-bond acceptors (Lipinski definition) is 3. The van der Waals surface area contributed by atoms with Gasteiger partial charge in [-0.3, -0.25) is 9.25 Å². The molecule has 0 amide bonds. The minimum atomic E-state index is -0.425. The van der Waals surface area contributed by atoms with E-state index in [1.165, 1.54) is 13.2 Å². The number of benzene rings is 1. The lowest BCUT2D eigenvalue weighted by Crippen LogP contribution is -1.95. The molecular weight excluding hydrogens is 279 g/mol. The summed E-state index contributed by atoms with van der Waals surface area (Å²) in [6.45, 7) is 1.90. The fraction of sp³-hybridized carbons (Fsp3) is 0.231. The van der Waals surface area contributed by atoms with Crippen molar-refractivity contribution in [2.24, 2.45) is 7.05 Å². The highest BCUT2D eigenvalue weighted by atomic mass is 32.1. The van der Waals surface area contributed by atoms with Gasteiger partial charge >= 0.3 is 0 Å². The van der Waals surface area contributed by atoms with Crippen LogP contribution >= 0.6 is 12.2 Å². The Morgan fingerprint density at radius 1 is 1.40 bits per heavy atom. The van der Waals surface area contributed by atoms with Crippen molar-refractivity contribution in [1.29, 1.82) is 0 Å². The fourth-order valence-corrected chi connectivity index (χ4v) is 2.62. The zero-order chi connectivity index (χ0) is 14.4. The molecule has 0 aliphatic rings. The Kier molecular flexibility index (Phi) is 2.86. The van der Waals surface area contributed by atoms with Gasteiger partial charge in [0, 0.05) is 25.4 Å². The Morgan fingerprint density at radius 3 is 2.75 bits per heavy atom. The van der Waals surface area contributed by atoms with Crippen molar-refractivity contribution in [3.8, 4) is 11.4 Å². The van der Waals surface area contributed by atoms with Crippen LogP contribution in [0.2, 0.25) is 0 Å². The Morgan fingerprint density at radius 2 is 2.15 bits per heavy atom. The Balaban J connectivity index is 2.38. The summed E-state index contributed by atoms with van der Waals surface area (Å²) in [6.07, 6.45) is 1.87. The van der Waals surface area contributed by atoms with E-state index >= 15 is 0 Å². The van der Waals surface area contributed by atoms with E-state index in [1.54, 1.807) is 10.7 Å². The molecule has 2 heterocycles. The van der Waals surface area contributed by atoms with Crippen molar-refractivity contribution >= 4 is 23.3 Å².